The zero-order valence-electron chi connectivity index (χ0n) is 50.8. The van der Waals surface area contributed by atoms with Crippen LogP contribution < -0.4 is 0 Å². The molecule has 10 rings (SSSR count). The molecule has 32 atom stereocenters. The second-order valence-corrected chi connectivity index (χ2v) is 28.4. The van der Waals surface area contributed by atoms with Crippen molar-refractivity contribution >= 4 is 11.9 Å². The SMILES string of the molecule is CC(=O)OC1C(OC2CCC3(C)C(CCC4(C)C3CC=C3C5C(C)C(C)CCC5(C(=O)OC5OC(COC6OC(CO)C(OC7OCC(O)(CO)C7O)C(O)C6O)C(O)C(O)C5O)CCC34C)C2(C)C)OCC(O)C1OC1OC(CO)C(O)C(O)C1O. The molecule has 5 aliphatic heterocycles. The van der Waals surface area contributed by atoms with Crippen LogP contribution in [0.1, 0.15) is 113 Å². The Morgan fingerprint density at radius 1 is 0.609 bits per heavy atom. The van der Waals surface area contributed by atoms with E-state index in [-0.39, 0.29) is 52.4 Å². The first-order valence-electron chi connectivity index (χ1n) is 31.1. The zero-order valence-corrected chi connectivity index (χ0v) is 50.8. The van der Waals surface area contributed by atoms with E-state index in [0.717, 1.165) is 32.1 Å². The molecule has 32 unspecified atom stereocenters. The molecule has 9 fully saturated rings. The van der Waals surface area contributed by atoms with Gasteiger partial charge in [-0.25, -0.2) is 0 Å². The first-order chi connectivity index (χ1) is 40.9. The molecule has 0 spiro atoms. The monoisotopic (exact) mass is 1250 g/mol. The molecule has 0 aromatic heterocycles. The number of aliphatic hydroxyl groups is 14. The summed E-state index contributed by atoms with van der Waals surface area (Å²) in [5.74, 6) is -1.03. The van der Waals surface area contributed by atoms with Crippen LogP contribution >= 0.6 is 0 Å². The molecule has 5 aliphatic carbocycles. The molecular formula is C60H96O27. The van der Waals surface area contributed by atoms with Gasteiger partial charge in [-0.2, -0.15) is 0 Å². The van der Waals surface area contributed by atoms with E-state index in [1.54, 1.807) is 0 Å². The van der Waals surface area contributed by atoms with Gasteiger partial charge in [-0.05, 0) is 109 Å². The summed E-state index contributed by atoms with van der Waals surface area (Å²) in [7, 11) is 0. The summed E-state index contributed by atoms with van der Waals surface area (Å²) < 4.78 is 65.0. The van der Waals surface area contributed by atoms with E-state index in [1.807, 2.05) is 0 Å². The van der Waals surface area contributed by atoms with Gasteiger partial charge >= 0.3 is 11.9 Å². The lowest BCUT2D eigenvalue weighted by molar-refractivity contribution is -0.357. The van der Waals surface area contributed by atoms with Gasteiger partial charge in [-0.15, -0.1) is 0 Å². The van der Waals surface area contributed by atoms with Gasteiger partial charge < -0.3 is 124 Å². The summed E-state index contributed by atoms with van der Waals surface area (Å²) >= 11 is 0. The van der Waals surface area contributed by atoms with Gasteiger partial charge in [-0.3, -0.25) is 9.59 Å². The summed E-state index contributed by atoms with van der Waals surface area (Å²) in [6.45, 7) is 13.3. The molecular weight excluding hydrogens is 1150 g/mol. The third kappa shape index (κ3) is 11.4. The molecule has 5 heterocycles. The number of hydrogen-bond donors (Lipinski definition) is 14. The Morgan fingerprint density at radius 3 is 1.90 bits per heavy atom. The van der Waals surface area contributed by atoms with Crippen LogP contribution in [0.4, 0.5) is 0 Å². The van der Waals surface area contributed by atoms with Gasteiger partial charge in [0.25, 0.3) is 0 Å². The fourth-order valence-electron chi connectivity index (χ4n) is 17.9. The molecule has 27 nitrogen and oxygen atoms in total. The topological polar surface area (TPSA) is 419 Å². The fraction of sp³-hybridized carbons (Fsp3) is 0.933. The Morgan fingerprint density at radius 2 is 1.24 bits per heavy atom. The maximum absolute atomic E-state index is 15.3. The summed E-state index contributed by atoms with van der Waals surface area (Å²) in [6.07, 6.45) is -26.0. The quantitative estimate of drug-likeness (QED) is 0.0458. The molecule has 0 aromatic carbocycles. The third-order valence-corrected chi connectivity index (χ3v) is 23.5. The van der Waals surface area contributed by atoms with Crippen molar-refractivity contribution in [3.63, 3.8) is 0 Å². The van der Waals surface area contributed by atoms with Gasteiger partial charge in [-0.1, -0.05) is 60.1 Å². The number of allylic oxidation sites excluding steroid dienone is 2. The van der Waals surface area contributed by atoms with E-state index in [1.165, 1.54) is 12.5 Å². The number of carbonyl (C=O) groups excluding carboxylic acids is 2. The van der Waals surface area contributed by atoms with Crippen molar-refractivity contribution in [2.24, 2.45) is 56.7 Å². The van der Waals surface area contributed by atoms with Gasteiger partial charge in [0, 0.05) is 6.92 Å². The van der Waals surface area contributed by atoms with Gasteiger partial charge in [0.2, 0.25) is 6.29 Å². The third-order valence-electron chi connectivity index (χ3n) is 23.5. The first kappa shape index (κ1) is 67.6. The zero-order chi connectivity index (χ0) is 63.4. The lowest BCUT2D eigenvalue weighted by atomic mass is 9.33. The van der Waals surface area contributed by atoms with Crippen LogP contribution in [0.3, 0.4) is 0 Å². The van der Waals surface area contributed by atoms with Crippen LogP contribution in [-0.4, -0.2) is 264 Å². The number of carbonyl (C=O) groups is 2. The van der Waals surface area contributed by atoms with Crippen molar-refractivity contribution < 1.29 is 133 Å². The van der Waals surface area contributed by atoms with Crippen LogP contribution in [0.25, 0.3) is 0 Å². The van der Waals surface area contributed by atoms with E-state index < -0.39 is 197 Å². The molecule has 498 valence electrons. The molecule has 14 N–H and O–H groups in total. The summed E-state index contributed by atoms with van der Waals surface area (Å²) in [4.78, 5) is 28.0. The lowest BCUT2D eigenvalue weighted by Crippen LogP contribution is -2.66. The highest BCUT2D eigenvalue weighted by molar-refractivity contribution is 5.79. The minimum atomic E-state index is -2.07. The second kappa shape index (κ2) is 25.2. The van der Waals surface area contributed by atoms with Crippen LogP contribution in [0.2, 0.25) is 0 Å². The Hall–Kier alpha value is -2.24. The van der Waals surface area contributed by atoms with Crippen LogP contribution in [-0.2, 0) is 61.7 Å². The molecule has 0 aromatic rings. The van der Waals surface area contributed by atoms with E-state index in [0.29, 0.717) is 25.7 Å². The molecule has 4 saturated carbocycles. The first-order valence-corrected chi connectivity index (χ1v) is 31.1. The van der Waals surface area contributed by atoms with Crippen molar-refractivity contribution in [3.8, 4) is 0 Å². The average molecular weight is 1250 g/mol. The van der Waals surface area contributed by atoms with Crippen molar-refractivity contribution in [1.82, 2.24) is 0 Å². The van der Waals surface area contributed by atoms with Gasteiger partial charge in [0.1, 0.15) is 97.2 Å². The number of rotatable bonds is 15. The van der Waals surface area contributed by atoms with E-state index in [4.69, 9.17) is 52.1 Å². The summed E-state index contributed by atoms with van der Waals surface area (Å²) in [5, 5.41) is 150. The molecule has 5 saturated heterocycles. The number of hydrogen-bond acceptors (Lipinski definition) is 27. The van der Waals surface area contributed by atoms with Crippen LogP contribution in [0.5, 0.6) is 0 Å². The minimum absolute atomic E-state index is 0.0206. The molecule has 10 aliphatic rings. The molecule has 87 heavy (non-hydrogen) atoms. The van der Waals surface area contributed by atoms with E-state index in [2.05, 4.69) is 54.5 Å². The van der Waals surface area contributed by atoms with Gasteiger partial charge in [0.05, 0.1) is 51.2 Å². The van der Waals surface area contributed by atoms with Crippen molar-refractivity contribution in [2.75, 3.05) is 39.6 Å². The Kier molecular flexibility index (Phi) is 19.6. The summed E-state index contributed by atoms with van der Waals surface area (Å²) in [6, 6.07) is 0. The second-order valence-electron chi connectivity index (χ2n) is 28.4. The normalized spacial score (nSPS) is 53.2. The Bertz CT molecular complexity index is 2450. The van der Waals surface area contributed by atoms with E-state index in [9.17, 15) is 76.3 Å². The van der Waals surface area contributed by atoms with Crippen molar-refractivity contribution in [2.45, 2.75) is 254 Å². The van der Waals surface area contributed by atoms with Gasteiger partial charge in [0.15, 0.2) is 31.3 Å². The number of fused-ring (bicyclic) bond motifs is 7. The highest BCUT2D eigenvalue weighted by atomic mass is 16.8. The number of esters is 2. The van der Waals surface area contributed by atoms with Crippen molar-refractivity contribution in [1.29, 1.82) is 0 Å². The molecule has 0 bridgehead atoms. The largest absolute Gasteiger partial charge is 0.454 e. The number of ether oxygens (including phenoxy) is 11. The highest BCUT2D eigenvalue weighted by Gasteiger charge is 2.71. The smallest absolute Gasteiger partial charge is 0.315 e. The van der Waals surface area contributed by atoms with Crippen LogP contribution in [0.15, 0.2) is 11.6 Å². The van der Waals surface area contributed by atoms with E-state index >= 15 is 4.79 Å². The lowest BCUT2D eigenvalue weighted by Gasteiger charge is -2.71. The standard InChI is InChI=1S/C60H96O27/c1-25-11-16-59(54(75)87-51-43(72)40(69)38(67)32(83-51)22-78-49-44(73)41(70)46(31(20-62)82-49)86-53-48(74)60(76,23-63)24-79-53)18-17-57(7)28(36(59)26(25)2)9-10-34-56(6)14-13-35(55(4,5)33(56)12-15-58(34,57)8)84-52-47(80-27(3)64)45(29(65)21-77-52)85-50-42(71)39(68)37(66)30(19-61)81-50/h9,25-26,29-53,61-63,65-74,76H,10-24H2,1-8H3. The predicted octanol–water partition coefficient (Wildman–Crippen LogP) is -2.50. The highest BCUT2D eigenvalue weighted by Crippen LogP contribution is 2.76. The molecule has 0 amide bonds. The minimum Gasteiger partial charge on any atom is -0.454 e. The Balaban J connectivity index is 0.828. The maximum atomic E-state index is 15.3. The molecule has 0 radical (unpaired) electrons. The number of aliphatic hydroxyl groups excluding tert-OH is 13. The predicted molar refractivity (Wildman–Crippen MR) is 293 cm³/mol. The molecule has 27 heteroatoms. The van der Waals surface area contributed by atoms with Crippen LogP contribution in [0, 0.1) is 56.7 Å². The Labute approximate surface area is 505 Å². The fourth-order valence-corrected chi connectivity index (χ4v) is 17.9. The summed E-state index contributed by atoms with van der Waals surface area (Å²) in [5.41, 5.74) is -3.22. The van der Waals surface area contributed by atoms with Crippen molar-refractivity contribution in [3.05, 3.63) is 11.6 Å². The maximum Gasteiger partial charge on any atom is 0.315 e. The average Bonchev–Trinajstić information content (AvgIpc) is 0.975.